The van der Waals surface area contributed by atoms with Crippen LogP contribution in [0.15, 0.2) is 42.9 Å². The van der Waals surface area contributed by atoms with Crippen LogP contribution in [0.25, 0.3) is 17.6 Å². The number of aryl methyl sites for hydroxylation is 3. The number of imidazole rings is 1. The van der Waals surface area contributed by atoms with E-state index in [1.54, 1.807) is 18.5 Å². The molecule has 1 aliphatic rings. The van der Waals surface area contributed by atoms with Crippen molar-refractivity contribution in [3.63, 3.8) is 0 Å². The summed E-state index contributed by atoms with van der Waals surface area (Å²) in [7, 11) is 0. The molecule has 1 atom stereocenters. The summed E-state index contributed by atoms with van der Waals surface area (Å²) in [6.07, 6.45) is 5.32. The lowest BCUT2D eigenvalue weighted by atomic mass is 9.86. The third-order valence-corrected chi connectivity index (χ3v) is 6.13. The Bertz CT molecular complexity index is 1450. The average molecular weight is 483 g/mol. The standard InChI is InChI=1S/C25H21F4N5O/c1-14-8-16(4-5-21(14)33-12-15(2)30-13-33)9-20(28)23-31-24-25(35,6-3-7-34(24)32-23)17-10-18(26)22(29)19(27)11-17/h4-5,8-13,35H,3,6-7H2,1-2H3/b20-9-/t25-/m1/s1. The highest BCUT2D eigenvalue weighted by Gasteiger charge is 2.41. The van der Waals surface area contributed by atoms with Gasteiger partial charge in [-0.25, -0.2) is 32.2 Å². The van der Waals surface area contributed by atoms with Gasteiger partial charge in [-0.3, -0.25) is 0 Å². The third-order valence-electron chi connectivity index (χ3n) is 6.13. The van der Waals surface area contributed by atoms with E-state index < -0.39 is 28.9 Å². The molecular formula is C25H21F4N5O. The first-order valence-corrected chi connectivity index (χ1v) is 11.0. The largest absolute Gasteiger partial charge is 0.377 e. The molecule has 0 saturated heterocycles. The zero-order valence-corrected chi connectivity index (χ0v) is 18.9. The minimum absolute atomic E-state index is 0.0604. The zero-order valence-electron chi connectivity index (χ0n) is 18.9. The molecule has 10 heteroatoms. The van der Waals surface area contributed by atoms with Gasteiger partial charge in [-0.1, -0.05) is 6.07 Å². The maximum atomic E-state index is 15.2. The van der Waals surface area contributed by atoms with Gasteiger partial charge in [-0.2, -0.15) is 0 Å². The first-order chi connectivity index (χ1) is 16.7. The van der Waals surface area contributed by atoms with Gasteiger partial charge in [0.15, 0.2) is 29.1 Å². The summed E-state index contributed by atoms with van der Waals surface area (Å²) >= 11 is 0. The second-order valence-corrected chi connectivity index (χ2v) is 8.66. The molecule has 0 fully saturated rings. The van der Waals surface area contributed by atoms with Gasteiger partial charge in [-0.15, -0.1) is 5.10 Å². The number of aliphatic hydroxyl groups is 1. The third kappa shape index (κ3) is 4.03. The molecule has 0 bridgehead atoms. The van der Waals surface area contributed by atoms with Gasteiger partial charge in [0.25, 0.3) is 0 Å². The predicted octanol–water partition coefficient (Wildman–Crippen LogP) is 5.00. The molecule has 2 aromatic carbocycles. The fraction of sp³-hybridized carbons (Fsp3) is 0.240. The number of hydrogen-bond donors (Lipinski definition) is 1. The van der Waals surface area contributed by atoms with Gasteiger partial charge in [0.05, 0.1) is 12.0 Å². The lowest BCUT2D eigenvalue weighted by Crippen LogP contribution is -2.36. The van der Waals surface area contributed by atoms with Gasteiger partial charge in [0, 0.05) is 18.4 Å². The van der Waals surface area contributed by atoms with Crippen LogP contribution in [-0.2, 0) is 12.1 Å². The maximum Gasteiger partial charge on any atom is 0.210 e. The molecule has 35 heavy (non-hydrogen) atoms. The number of aromatic nitrogens is 5. The number of rotatable bonds is 4. The van der Waals surface area contributed by atoms with Gasteiger partial charge in [0.1, 0.15) is 5.60 Å². The van der Waals surface area contributed by atoms with E-state index in [-0.39, 0.29) is 23.6 Å². The second-order valence-electron chi connectivity index (χ2n) is 8.66. The van der Waals surface area contributed by atoms with E-state index in [4.69, 9.17) is 0 Å². The van der Waals surface area contributed by atoms with Crippen molar-refractivity contribution in [2.24, 2.45) is 0 Å². The molecule has 0 spiro atoms. The molecule has 1 N–H and O–H groups in total. The normalized spacial score (nSPS) is 18.1. The Balaban J connectivity index is 1.49. The number of benzene rings is 2. The molecule has 0 amide bonds. The molecule has 3 heterocycles. The summed E-state index contributed by atoms with van der Waals surface area (Å²) in [6.45, 7) is 4.12. The predicted molar refractivity (Wildman–Crippen MR) is 121 cm³/mol. The first kappa shape index (κ1) is 23.0. The van der Waals surface area contributed by atoms with Crippen molar-refractivity contribution in [1.82, 2.24) is 24.3 Å². The van der Waals surface area contributed by atoms with E-state index in [2.05, 4.69) is 15.1 Å². The second kappa shape index (κ2) is 8.46. The average Bonchev–Trinajstić information content (AvgIpc) is 3.44. The lowest BCUT2D eigenvalue weighted by molar-refractivity contribution is 0.0387. The quantitative estimate of drug-likeness (QED) is 0.328. The van der Waals surface area contributed by atoms with Crippen molar-refractivity contribution < 1.29 is 22.7 Å². The number of fused-ring (bicyclic) bond motifs is 1. The van der Waals surface area contributed by atoms with Crippen molar-refractivity contribution in [2.45, 2.75) is 38.8 Å². The lowest BCUT2D eigenvalue weighted by Gasteiger charge is -2.31. The molecule has 5 rings (SSSR count). The summed E-state index contributed by atoms with van der Waals surface area (Å²) in [4.78, 5) is 8.37. The molecular weight excluding hydrogens is 462 g/mol. The molecule has 2 aromatic heterocycles. The minimum atomic E-state index is -1.94. The number of hydrogen-bond acceptors (Lipinski definition) is 4. The molecule has 0 saturated carbocycles. The van der Waals surface area contributed by atoms with E-state index in [1.165, 1.54) is 10.8 Å². The Morgan fingerprint density at radius 2 is 1.86 bits per heavy atom. The summed E-state index contributed by atoms with van der Waals surface area (Å²) in [5.41, 5.74) is 1.10. The van der Waals surface area contributed by atoms with Crippen molar-refractivity contribution in [2.75, 3.05) is 0 Å². The molecule has 6 nitrogen and oxygen atoms in total. The van der Waals surface area contributed by atoms with E-state index in [1.807, 2.05) is 30.7 Å². The van der Waals surface area contributed by atoms with Gasteiger partial charge < -0.3 is 9.67 Å². The molecule has 180 valence electrons. The summed E-state index contributed by atoms with van der Waals surface area (Å²) in [5, 5.41) is 15.4. The van der Waals surface area contributed by atoms with Crippen molar-refractivity contribution in [3.05, 3.63) is 94.3 Å². The van der Waals surface area contributed by atoms with Crippen LogP contribution in [0, 0.1) is 31.3 Å². The fourth-order valence-corrected chi connectivity index (χ4v) is 4.39. The molecule has 4 aromatic rings. The Morgan fingerprint density at radius 3 is 2.51 bits per heavy atom. The number of halogens is 4. The van der Waals surface area contributed by atoms with E-state index >= 15 is 4.39 Å². The van der Waals surface area contributed by atoms with Crippen LogP contribution < -0.4 is 0 Å². The fourth-order valence-electron chi connectivity index (χ4n) is 4.39. The van der Waals surface area contributed by atoms with Crippen LogP contribution in [0.5, 0.6) is 0 Å². The van der Waals surface area contributed by atoms with E-state index in [9.17, 15) is 18.3 Å². The van der Waals surface area contributed by atoms with Crippen LogP contribution in [0.1, 0.15) is 46.9 Å². The highest BCUT2D eigenvalue weighted by Crippen LogP contribution is 2.38. The van der Waals surface area contributed by atoms with Crippen LogP contribution in [-0.4, -0.2) is 29.4 Å². The smallest absolute Gasteiger partial charge is 0.210 e. The molecule has 1 aliphatic heterocycles. The van der Waals surface area contributed by atoms with Gasteiger partial charge in [-0.05, 0) is 73.7 Å². The molecule has 0 aliphatic carbocycles. The summed E-state index contributed by atoms with van der Waals surface area (Å²) in [6, 6.07) is 6.84. The van der Waals surface area contributed by atoms with Crippen LogP contribution >= 0.6 is 0 Å². The van der Waals surface area contributed by atoms with Crippen LogP contribution in [0.4, 0.5) is 17.6 Å². The SMILES string of the molecule is Cc1cn(-c2ccc(/C=C(\F)c3nc4n(n3)CCC[C@@]4(O)c3cc(F)c(F)c(F)c3)cc2C)cn1. The Labute approximate surface area is 198 Å². The van der Waals surface area contributed by atoms with E-state index in [0.29, 0.717) is 18.5 Å². The van der Waals surface area contributed by atoms with Crippen molar-refractivity contribution in [3.8, 4) is 5.69 Å². The zero-order chi connectivity index (χ0) is 24.9. The molecule has 0 unspecified atom stereocenters. The minimum Gasteiger partial charge on any atom is -0.377 e. The van der Waals surface area contributed by atoms with Crippen molar-refractivity contribution in [1.29, 1.82) is 0 Å². The van der Waals surface area contributed by atoms with Crippen LogP contribution in [0.2, 0.25) is 0 Å². The highest BCUT2D eigenvalue weighted by molar-refractivity contribution is 5.74. The van der Waals surface area contributed by atoms with Gasteiger partial charge >= 0.3 is 0 Å². The molecule has 0 radical (unpaired) electrons. The van der Waals surface area contributed by atoms with E-state index in [0.717, 1.165) is 29.1 Å². The topological polar surface area (TPSA) is 68.8 Å². The number of nitrogens with zero attached hydrogens (tertiary/aromatic N) is 5. The summed E-state index contributed by atoms with van der Waals surface area (Å²) < 4.78 is 59.5. The van der Waals surface area contributed by atoms with Gasteiger partial charge in [0.2, 0.25) is 5.82 Å². The summed E-state index contributed by atoms with van der Waals surface area (Å²) in [5.74, 6) is -5.56. The van der Waals surface area contributed by atoms with Crippen LogP contribution in [0.3, 0.4) is 0 Å². The Kier molecular flexibility index (Phi) is 5.55. The monoisotopic (exact) mass is 483 g/mol. The first-order valence-electron chi connectivity index (χ1n) is 11.0. The Hall–Kier alpha value is -3.79. The highest BCUT2D eigenvalue weighted by atomic mass is 19.2. The maximum absolute atomic E-state index is 15.2. The van der Waals surface area contributed by atoms with Crippen molar-refractivity contribution >= 4 is 11.9 Å². The Morgan fingerprint density at radius 1 is 1.11 bits per heavy atom.